The van der Waals surface area contributed by atoms with Crippen LogP contribution in [0.5, 0.6) is 0 Å². The van der Waals surface area contributed by atoms with Gasteiger partial charge in [0.25, 0.3) is 0 Å². The second-order valence-corrected chi connectivity index (χ2v) is 35.1. The maximum Gasteiger partial charge on any atom is 0.305 e. The highest BCUT2D eigenvalue weighted by Gasteiger charge is 2.26. The zero-order valence-corrected chi connectivity index (χ0v) is 80.6. The number of carbonyl (C=O) groups is 6. The smallest absolute Gasteiger partial charge is 0.305 e. The van der Waals surface area contributed by atoms with Gasteiger partial charge in [0.1, 0.15) is 76.3 Å². The molecule has 0 amide bonds. The Morgan fingerprint density at radius 2 is 0.317 bits per heavy atom. The fourth-order valence-corrected chi connectivity index (χ4v) is 14.9. The molecule has 0 aromatic carbocycles. The molecule has 6 unspecified atom stereocenters. The van der Waals surface area contributed by atoms with Crippen molar-refractivity contribution in [3.05, 3.63) is 72.9 Å². The topological polar surface area (TPSA) is 299 Å². The van der Waals surface area contributed by atoms with E-state index in [1.807, 2.05) is 29.4 Å². The van der Waals surface area contributed by atoms with Gasteiger partial charge in [-0.15, -0.1) is 0 Å². The molecule has 0 radical (unpaired) electrons. The zero-order chi connectivity index (χ0) is 92.0. The summed E-state index contributed by atoms with van der Waals surface area (Å²) in [6.45, 7) is 15.4. The zero-order valence-electron chi connectivity index (χ0n) is 80.6. The van der Waals surface area contributed by atoms with Gasteiger partial charge >= 0.3 is 35.8 Å². The fourth-order valence-electron chi connectivity index (χ4n) is 14.9. The van der Waals surface area contributed by atoms with E-state index < -0.39 is 72.4 Å². The lowest BCUT2D eigenvalue weighted by molar-refractivity contribution is -0.148. The third-order valence-electron chi connectivity index (χ3n) is 22.7. The number of aliphatic hydroxyl groups is 6. The van der Waals surface area contributed by atoms with E-state index in [2.05, 4.69) is 114 Å². The third-order valence-corrected chi connectivity index (χ3v) is 22.7. The Kier molecular flexibility index (Phi) is 82.7. The molecule has 6 N–H and O–H groups in total. The van der Waals surface area contributed by atoms with Crippen LogP contribution in [0.1, 0.15) is 350 Å². The van der Waals surface area contributed by atoms with E-state index in [1.165, 1.54) is 116 Å². The van der Waals surface area contributed by atoms with E-state index in [9.17, 15) is 59.4 Å². The molecule has 126 heavy (non-hydrogen) atoms. The van der Waals surface area contributed by atoms with E-state index in [4.69, 9.17) is 28.4 Å². The molecule has 1 aliphatic heterocycles. The summed E-state index contributed by atoms with van der Waals surface area (Å²) in [5.41, 5.74) is 0. The van der Waals surface area contributed by atoms with Crippen LogP contribution in [-0.2, 0) is 57.2 Å². The highest BCUT2D eigenvalue weighted by atomic mass is 16.6. The largest absolute Gasteiger partial charge is 0.463 e. The number of esters is 6. The van der Waals surface area contributed by atoms with Gasteiger partial charge < -0.3 is 59.1 Å². The fraction of sp³-hybridized carbons (Fsp3) is 0.824. The minimum atomic E-state index is -1.13. The van der Waals surface area contributed by atoms with Gasteiger partial charge in [0, 0.05) is 156 Å². The second kappa shape index (κ2) is 87.7. The molecule has 0 spiro atoms. The molecule has 0 bridgehead atoms. The summed E-state index contributed by atoms with van der Waals surface area (Å²) in [5.74, 6) is -2.51. The molecule has 1 fully saturated rings. The van der Waals surface area contributed by atoms with E-state index in [-0.39, 0.29) is 117 Å². The molecule has 0 saturated carbocycles. The SMILES string of the molecule is CCCCCC/C=C\CCCC(=O)OCC(O)CN1CCN(CC(O)COC(=O)CCC/C=C\CCCCCC)CCN(CC(O)COC(=O)CCC/C=C\CCCCCC)CCN(CC(O)COC(=O)CCC/C=C\CCCCCC)CCN(CC(O)COC(=O)CCC/C=C\CCCCCC)CCN(CC(O)COC(=O)CCC/C=C\CCCCCC)CC1. The molecule has 1 heterocycles. The number of hydrogen-bond acceptors (Lipinski definition) is 24. The lowest BCUT2D eigenvalue weighted by atomic mass is 10.1. The number of aliphatic hydroxyl groups excluding tert-OH is 6. The van der Waals surface area contributed by atoms with E-state index in [0.29, 0.717) is 117 Å². The van der Waals surface area contributed by atoms with Crippen molar-refractivity contribution < 1.29 is 87.8 Å². The van der Waals surface area contributed by atoms with Crippen molar-refractivity contribution in [1.29, 1.82) is 0 Å². The summed E-state index contributed by atoms with van der Waals surface area (Å²) in [4.78, 5) is 91.9. The number of carbonyl (C=O) groups excluding carboxylic acids is 6. The van der Waals surface area contributed by atoms with Crippen LogP contribution in [0.25, 0.3) is 0 Å². The molecular formula is C102H186N6O18. The molecule has 1 rings (SSSR count). The van der Waals surface area contributed by atoms with Crippen LogP contribution in [0.3, 0.4) is 0 Å². The predicted octanol–water partition coefficient (Wildman–Crippen LogP) is 17.4. The monoisotopic (exact) mass is 1780 g/mol. The van der Waals surface area contributed by atoms with Crippen molar-refractivity contribution in [2.75, 3.05) is 157 Å². The quantitative estimate of drug-likeness (QED) is 0.0143. The van der Waals surface area contributed by atoms with Gasteiger partial charge in [-0.2, -0.15) is 0 Å². The highest BCUT2D eigenvalue weighted by Crippen LogP contribution is 2.16. The van der Waals surface area contributed by atoms with Crippen LogP contribution in [0.2, 0.25) is 0 Å². The number of hydrogen-bond donors (Lipinski definition) is 6. The first kappa shape index (κ1) is 119. The van der Waals surface area contributed by atoms with Gasteiger partial charge in [0.15, 0.2) is 0 Å². The summed E-state index contributed by atoms with van der Waals surface area (Å²) in [6, 6.07) is 0. The number of ether oxygens (including phenoxy) is 6. The molecule has 1 saturated heterocycles. The summed E-state index contributed by atoms with van der Waals surface area (Å²) in [6.07, 6.45) is 62.2. The number of nitrogens with zero attached hydrogens (tertiary/aromatic N) is 6. The van der Waals surface area contributed by atoms with E-state index in [1.54, 1.807) is 0 Å². The first-order valence-electron chi connectivity index (χ1n) is 50.6. The standard InChI is InChI=1S/C102H186N6O18/c1-7-13-19-25-31-37-43-49-55-61-97(115)121-85-91(109)79-103-67-69-104(80-92(110)86-122-98(116)62-56-50-44-38-32-26-20-14-8-2)71-73-106(82-94(112)88-124-100(118)64-58-52-46-40-34-28-22-16-10-4)75-77-108(84-96(114)90-126-102(120)66-60-54-48-42-36-30-24-18-12-6)78-76-107(83-95(113)89-125-101(119)65-59-53-47-41-35-29-23-17-11-5)74-72-105(70-68-103)81-93(111)87-123-99(117)63-57-51-45-39-33-27-21-15-9-3/h37-48,91-96,109-114H,7-36,49-90H2,1-6H3/b43-37-,44-38-,45-39-,46-40-,47-41-,48-42-. The maximum absolute atomic E-state index is 13.3. The minimum Gasteiger partial charge on any atom is -0.463 e. The van der Waals surface area contributed by atoms with Crippen molar-refractivity contribution in [3.8, 4) is 0 Å². The van der Waals surface area contributed by atoms with Crippen LogP contribution in [0.15, 0.2) is 72.9 Å². The first-order chi connectivity index (χ1) is 61.3. The Labute approximate surface area is 765 Å². The molecule has 0 aromatic heterocycles. The van der Waals surface area contributed by atoms with Gasteiger partial charge in [-0.1, -0.05) is 230 Å². The Morgan fingerprint density at radius 1 is 0.198 bits per heavy atom. The maximum atomic E-state index is 13.3. The first-order valence-corrected chi connectivity index (χ1v) is 50.6. The molecule has 732 valence electrons. The minimum absolute atomic E-state index is 0.0513. The molecule has 0 aromatic rings. The molecular weight excluding hydrogens is 1600 g/mol. The van der Waals surface area contributed by atoms with Crippen LogP contribution in [-0.4, -0.2) is 290 Å². The normalized spacial score (nSPS) is 16.3. The van der Waals surface area contributed by atoms with Crippen molar-refractivity contribution in [2.24, 2.45) is 0 Å². The molecule has 1 aliphatic rings. The number of β-amino-alcohol motifs (C(OH)–C–C–N with tert-alkyl or cyclic N) is 6. The van der Waals surface area contributed by atoms with Crippen LogP contribution >= 0.6 is 0 Å². The molecule has 24 heteroatoms. The summed E-state index contributed by atoms with van der Waals surface area (Å²) in [7, 11) is 0. The van der Waals surface area contributed by atoms with Gasteiger partial charge in [0.2, 0.25) is 0 Å². The number of rotatable bonds is 78. The van der Waals surface area contributed by atoms with Crippen molar-refractivity contribution in [2.45, 2.75) is 386 Å². The van der Waals surface area contributed by atoms with Crippen LogP contribution in [0, 0.1) is 0 Å². The lowest BCUT2D eigenvalue weighted by Gasteiger charge is -2.36. The average molecular weight is 1780 g/mol. The number of unbranched alkanes of at least 4 members (excludes halogenated alkanes) is 30. The summed E-state index contributed by atoms with van der Waals surface area (Å²) < 4.78 is 34.4. The lowest BCUT2D eigenvalue weighted by Crippen LogP contribution is -2.51. The molecule has 0 aliphatic carbocycles. The Hall–Kier alpha value is -5.22. The van der Waals surface area contributed by atoms with Gasteiger partial charge in [0.05, 0.1) is 0 Å². The van der Waals surface area contributed by atoms with E-state index in [0.717, 1.165) is 116 Å². The molecule has 6 atom stereocenters. The Morgan fingerprint density at radius 3 is 0.437 bits per heavy atom. The Bertz CT molecular complexity index is 2270. The van der Waals surface area contributed by atoms with Gasteiger partial charge in [-0.3, -0.25) is 58.2 Å². The molecule has 24 nitrogen and oxygen atoms in total. The van der Waals surface area contributed by atoms with E-state index >= 15 is 0 Å². The van der Waals surface area contributed by atoms with Crippen molar-refractivity contribution in [3.63, 3.8) is 0 Å². The summed E-state index contributed by atoms with van der Waals surface area (Å²) >= 11 is 0. The third kappa shape index (κ3) is 78.6. The van der Waals surface area contributed by atoms with Crippen LogP contribution < -0.4 is 0 Å². The Balaban J connectivity index is 4.11. The van der Waals surface area contributed by atoms with Gasteiger partial charge in [-0.05, 0) is 154 Å². The summed E-state index contributed by atoms with van der Waals surface area (Å²) in [5, 5.41) is 71.6. The second-order valence-electron chi connectivity index (χ2n) is 35.1. The average Bonchev–Trinajstić information content (AvgIpc) is 0.880. The predicted molar refractivity (Wildman–Crippen MR) is 511 cm³/mol. The van der Waals surface area contributed by atoms with Crippen molar-refractivity contribution >= 4 is 35.8 Å². The van der Waals surface area contributed by atoms with Gasteiger partial charge in [-0.25, -0.2) is 0 Å². The van der Waals surface area contributed by atoms with Crippen molar-refractivity contribution in [1.82, 2.24) is 29.4 Å². The number of allylic oxidation sites excluding steroid dienone is 12. The highest BCUT2D eigenvalue weighted by molar-refractivity contribution is 5.71. The van der Waals surface area contributed by atoms with Crippen LogP contribution in [0.4, 0.5) is 0 Å².